The van der Waals surface area contributed by atoms with Gasteiger partial charge in [0.15, 0.2) is 0 Å². The first-order valence-electron chi connectivity index (χ1n) is 5.72. The highest BCUT2D eigenvalue weighted by Crippen LogP contribution is 2.23. The van der Waals surface area contributed by atoms with Crippen molar-refractivity contribution in [2.75, 3.05) is 7.05 Å². The van der Waals surface area contributed by atoms with E-state index in [-0.39, 0.29) is 4.90 Å². The summed E-state index contributed by atoms with van der Waals surface area (Å²) in [5.74, 6) is -0.429. The van der Waals surface area contributed by atoms with Crippen molar-refractivity contribution in [2.24, 2.45) is 0 Å². The van der Waals surface area contributed by atoms with Gasteiger partial charge in [-0.1, -0.05) is 23.8 Å². The van der Waals surface area contributed by atoms with Crippen molar-refractivity contribution in [2.45, 2.75) is 24.7 Å². The van der Waals surface area contributed by atoms with E-state index in [2.05, 4.69) is 0 Å². The maximum Gasteiger partial charge on any atom is 0.266 e. The fourth-order valence-corrected chi connectivity index (χ4v) is 2.79. The number of hydrogen-bond donors (Lipinski definition) is 0. The highest BCUT2D eigenvalue weighted by Gasteiger charge is 2.28. The summed E-state index contributed by atoms with van der Waals surface area (Å²) in [5, 5.41) is 0. The number of allylic oxidation sites excluding steroid dienone is 1. The number of carbonyl (C=O) groups is 1. The van der Waals surface area contributed by atoms with E-state index in [0.717, 1.165) is 16.3 Å². The Kier molecular flexibility index (Phi) is 3.26. The predicted molar refractivity (Wildman–Crippen MR) is 68.5 cm³/mol. The quantitative estimate of drug-likeness (QED) is 0.838. The molecule has 0 radical (unpaired) electrons. The Hall–Kier alpha value is -1.62. The minimum atomic E-state index is -3.73. The number of nitrogens with zero attached hydrogens (tertiary/aromatic N) is 1. The summed E-state index contributed by atoms with van der Waals surface area (Å²) < 4.78 is 25.2. The zero-order valence-electron chi connectivity index (χ0n) is 10.4. The molecule has 0 fully saturated rings. The van der Waals surface area contributed by atoms with E-state index in [4.69, 9.17) is 0 Å². The van der Waals surface area contributed by atoms with E-state index in [1.54, 1.807) is 18.2 Å². The SMILES string of the molecule is Cc1ccc(S(=O)(=O)N(C)C(=O)C2=CCC2)cc1. The van der Waals surface area contributed by atoms with Crippen LogP contribution in [0.2, 0.25) is 0 Å². The maximum absolute atomic E-state index is 12.2. The fourth-order valence-electron chi connectivity index (χ4n) is 1.66. The molecule has 0 saturated carbocycles. The van der Waals surface area contributed by atoms with Crippen LogP contribution in [0.4, 0.5) is 0 Å². The molecule has 5 heteroatoms. The molecule has 0 unspecified atom stereocenters. The number of likely N-dealkylation sites (N-methyl/N-ethyl adjacent to an activating group) is 1. The third kappa shape index (κ3) is 2.18. The molecular weight excluding hydrogens is 250 g/mol. The van der Waals surface area contributed by atoms with Crippen molar-refractivity contribution in [3.05, 3.63) is 41.5 Å². The number of carbonyl (C=O) groups excluding carboxylic acids is 1. The second-order valence-electron chi connectivity index (χ2n) is 4.36. The van der Waals surface area contributed by atoms with Crippen molar-refractivity contribution in [3.63, 3.8) is 0 Å². The van der Waals surface area contributed by atoms with Crippen molar-refractivity contribution in [1.29, 1.82) is 0 Å². The lowest BCUT2D eigenvalue weighted by atomic mass is 9.99. The van der Waals surface area contributed by atoms with Crippen molar-refractivity contribution in [1.82, 2.24) is 4.31 Å². The second kappa shape index (κ2) is 4.57. The van der Waals surface area contributed by atoms with Gasteiger partial charge < -0.3 is 0 Å². The van der Waals surface area contributed by atoms with E-state index >= 15 is 0 Å². The van der Waals surface area contributed by atoms with Gasteiger partial charge in [0, 0.05) is 12.6 Å². The van der Waals surface area contributed by atoms with Gasteiger partial charge in [0.25, 0.3) is 15.9 Å². The smallest absolute Gasteiger partial charge is 0.266 e. The van der Waals surface area contributed by atoms with Crippen LogP contribution >= 0.6 is 0 Å². The van der Waals surface area contributed by atoms with Crippen LogP contribution in [-0.4, -0.2) is 25.7 Å². The van der Waals surface area contributed by atoms with Crippen LogP contribution in [-0.2, 0) is 14.8 Å². The lowest BCUT2D eigenvalue weighted by Gasteiger charge is -2.22. The Morgan fingerprint density at radius 3 is 2.22 bits per heavy atom. The molecule has 2 rings (SSSR count). The molecule has 18 heavy (non-hydrogen) atoms. The average molecular weight is 265 g/mol. The fraction of sp³-hybridized carbons (Fsp3) is 0.308. The first kappa shape index (κ1) is 12.8. The van der Waals surface area contributed by atoms with Gasteiger partial charge in [-0.05, 0) is 31.9 Å². The number of amides is 1. The van der Waals surface area contributed by atoms with Crippen molar-refractivity contribution in [3.8, 4) is 0 Å². The molecular formula is C13H15NO3S. The minimum Gasteiger partial charge on any atom is -0.268 e. The number of benzene rings is 1. The molecule has 0 N–H and O–H groups in total. The zero-order chi connectivity index (χ0) is 13.3. The van der Waals surface area contributed by atoms with Crippen LogP contribution in [0, 0.1) is 6.92 Å². The number of hydrogen-bond acceptors (Lipinski definition) is 3. The predicted octanol–water partition coefficient (Wildman–Crippen LogP) is 1.86. The first-order chi connectivity index (χ1) is 8.43. The van der Waals surface area contributed by atoms with E-state index in [1.807, 2.05) is 6.92 Å². The lowest BCUT2D eigenvalue weighted by Crippen LogP contribution is -2.35. The van der Waals surface area contributed by atoms with E-state index < -0.39 is 15.9 Å². The molecule has 0 spiro atoms. The van der Waals surface area contributed by atoms with Gasteiger partial charge >= 0.3 is 0 Å². The third-order valence-electron chi connectivity index (χ3n) is 3.04. The highest BCUT2D eigenvalue weighted by molar-refractivity contribution is 7.89. The van der Waals surface area contributed by atoms with Crippen LogP contribution in [0.15, 0.2) is 40.8 Å². The molecule has 0 saturated heterocycles. The lowest BCUT2D eigenvalue weighted by molar-refractivity contribution is -0.122. The maximum atomic E-state index is 12.2. The van der Waals surface area contributed by atoms with Crippen LogP contribution in [0.1, 0.15) is 18.4 Å². The number of sulfonamides is 1. The van der Waals surface area contributed by atoms with Gasteiger partial charge in [-0.3, -0.25) is 4.79 Å². The van der Waals surface area contributed by atoms with Gasteiger partial charge in [0.05, 0.1) is 4.90 Å². The van der Waals surface area contributed by atoms with Crippen LogP contribution in [0.3, 0.4) is 0 Å². The standard InChI is InChI=1S/C13H15NO3S/c1-10-6-8-12(9-7-10)18(16,17)14(2)13(15)11-4-3-5-11/h4,6-9H,3,5H2,1-2H3. The monoisotopic (exact) mass is 265 g/mol. The van der Waals surface area contributed by atoms with Crippen LogP contribution in [0.5, 0.6) is 0 Å². The zero-order valence-corrected chi connectivity index (χ0v) is 11.2. The summed E-state index contributed by atoms with van der Waals surface area (Å²) in [6, 6.07) is 6.47. The summed E-state index contributed by atoms with van der Waals surface area (Å²) in [4.78, 5) is 12.0. The van der Waals surface area contributed by atoms with E-state index in [0.29, 0.717) is 12.0 Å². The largest absolute Gasteiger partial charge is 0.268 e. The summed E-state index contributed by atoms with van der Waals surface area (Å²) in [6.07, 6.45) is 3.27. The molecule has 0 aliphatic heterocycles. The molecule has 1 aromatic rings. The molecule has 1 aromatic carbocycles. The van der Waals surface area contributed by atoms with Gasteiger partial charge in [0.2, 0.25) is 0 Å². The summed E-state index contributed by atoms with van der Waals surface area (Å²) >= 11 is 0. The minimum absolute atomic E-state index is 0.142. The summed E-state index contributed by atoms with van der Waals surface area (Å²) in [5.41, 5.74) is 1.55. The molecule has 96 valence electrons. The highest BCUT2D eigenvalue weighted by atomic mass is 32.2. The van der Waals surface area contributed by atoms with E-state index in [1.165, 1.54) is 19.2 Å². The Morgan fingerprint density at radius 1 is 1.22 bits per heavy atom. The molecule has 0 bridgehead atoms. The number of aryl methyl sites for hydroxylation is 1. The Morgan fingerprint density at radius 2 is 1.78 bits per heavy atom. The number of rotatable bonds is 3. The van der Waals surface area contributed by atoms with Crippen molar-refractivity contribution < 1.29 is 13.2 Å². The van der Waals surface area contributed by atoms with Gasteiger partial charge in [-0.15, -0.1) is 0 Å². The molecule has 1 aliphatic carbocycles. The first-order valence-corrected chi connectivity index (χ1v) is 7.16. The summed E-state index contributed by atoms with van der Waals surface area (Å²) in [6.45, 7) is 1.88. The van der Waals surface area contributed by atoms with Crippen molar-refractivity contribution >= 4 is 15.9 Å². The Balaban J connectivity index is 2.30. The average Bonchev–Trinajstić information content (AvgIpc) is 2.26. The van der Waals surface area contributed by atoms with Gasteiger partial charge in [-0.2, -0.15) is 0 Å². The van der Waals surface area contributed by atoms with Gasteiger partial charge in [-0.25, -0.2) is 12.7 Å². The van der Waals surface area contributed by atoms with Crippen LogP contribution in [0.25, 0.3) is 0 Å². The topological polar surface area (TPSA) is 54.5 Å². The normalized spacial score (nSPS) is 14.7. The third-order valence-corrected chi connectivity index (χ3v) is 4.80. The molecule has 4 nitrogen and oxygen atoms in total. The molecule has 0 atom stereocenters. The molecule has 1 amide bonds. The Bertz CT molecular complexity index is 600. The van der Waals surface area contributed by atoms with Crippen LogP contribution < -0.4 is 0 Å². The Labute approximate surface area is 107 Å². The van der Waals surface area contributed by atoms with Gasteiger partial charge in [0.1, 0.15) is 0 Å². The molecule has 0 aromatic heterocycles. The molecule has 0 heterocycles. The second-order valence-corrected chi connectivity index (χ2v) is 6.33. The summed E-state index contributed by atoms with van der Waals surface area (Å²) in [7, 11) is -2.43. The van der Waals surface area contributed by atoms with E-state index in [9.17, 15) is 13.2 Å². The molecule has 1 aliphatic rings.